The van der Waals surface area contributed by atoms with E-state index in [-0.39, 0.29) is 11.5 Å². The zero-order chi connectivity index (χ0) is 22.4. The number of amides is 1. The van der Waals surface area contributed by atoms with Crippen LogP contribution in [-0.4, -0.2) is 36.2 Å². The number of benzene rings is 1. The Bertz CT molecular complexity index is 1510. The van der Waals surface area contributed by atoms with Crippen LogP contribution in [0.1, 0.15) is 18.9 Å². The molecule has 0 spiro atoms. The van der Waals surface area contributed by atoms with Gasteiger partial charge in [-0.3, -0.25) is 19.1 Å². The molecule has 1 aromatic carbocycles. The van der Waals surface area contributed by atoms with Gasteiger partial charge in [0.25, 0.3) is 17.2 Å². The third-order valence-corrected chi connectivity index (χ3v) is 8.43. The van der Waals surface area contributed by atoms with E-state index in [1.165, 1.54) is 34.4 Å². The Kier molecular flexibility index (Phi) is 5.58. The molecule has 0 atom stereocenters. The van der Waals surface area contributed by atoms with Gasteiger partial charge in [-0.25, -0.2) is 0 Å². The highest BCUT2D eigenvalue weighted by atomic mass is 32.2. The third kappa shape index (κ3) is 3.54. The molecule has 5 rings (SSSR count). The van der Waals surface area contributed by atoms with Crippen LogP contribution in [0.5, 0.6) is 0 Å². The second kappa shape index (κ2) is 8.39. The van der Waals surface area contributed by atoms with Gasteiger partial charge in [-0.2, -0.15) is 9.97 Å². The van der Waals surface area contributed by atoms with Gasteiger partial charge in [-0.1, -0.05) is 53.5 Å². The molecule has 1 aliphatic rings. The van der Waals surface area contributed by atoms with Crippen molar-refractivity contribution in [2.45, 2.75) is 20.4 Å². The summed E-state index contributed by atoms with van der Waals surface area (Å²) < 4.78 is 9.06. The lowest BCUT2D eigenvalue weighted by atomic mass is 10.2. The molecule has 32 heavy (non-hydrogen) atoms. The molecule has 0 unspecified atom stereocenters. The molecule has 3 aromatic heterocycles. The Labute approximate surface area is 199 Å². The lowest BCUT2D eigenvalue weighted by Crippen LogP contribution is -2.33. The van der Waals surface area contributed by atoms with E-state index >= 15 is 0 Å². The predicted octanol–water partition coefficient (Wildman–Crippen LogP) is 3.01. The summed E-state index contributed by atoms with van der Waals surface area (Å²) in [5, 5.41) is 0.625. The van der Waals surface area contributed by atoms with Gasteiger partial charge in [-0.15, -0.1) is 11.3 Å². The summed E-state index contributed by atoms with van der Waals surface area (Å²) in [5.41, 5.74) is 1.17. The van der Waals surface area contributed by atoms with E-state index in [1.54, 1.807) is 15.5 Å². The number of oxazole rings is 1. The molecule has 1 amide bonds. The first kappa shape index (κ1) is 21.3. The van der Waals surface area contributed by atoms with Crippen LogP contribution in [0.25, 0.3) is 33.0 Å². The van der Waals surface area contributed by atoms with Crippen molar-refractivity contribution in [3.63, 3.8) is 0 Å². The number of hydrogen-bond donors (Lipinski definition) is 0. The number of fused-ring (bicyclic) bond motifs is 1. The number of rotatable bonds is 4. The molecule has 4 heterocycles. The average Bonchev–Trinajstić information content (AvgIpc) is 3.50. The number of carbonyl (C=O) groups excluding carboxylic acids is 1. The second-order valence-electron chi connectivity index (χ2n) is 6.76. The Morgan fingerprint density at radius 2 is 1.88 bits per heavy atom. The lowest BCUT2D eigenvalue weighted by molar-refractivity contribution is -0.120. The van der Waals surface area contributed by atoms with Gasteiger partial charge in [0.15, 0.2) is 4.83 Å². The minimum absolute atomic E-state index is 0.151. The molecule has 0 bridgehead atoms. The molecule has 4 aromatic rings. The second-order valence-corrected chi connectivity index (χ2v) is 10.4. The van der Waals surface area contributed by atoms with Crippen molar-refractivity contribution in [3.8, 4) is 11.5 Å². The van der Waals surface area contributed by atoms with Crippen LogP contribution in [0.2, 0.25) is 0 Å². The maximum atomic E-state index is 13.0. The fourth-order valence-electron chi connectivity index (χ4n) is 3.31. The van der Waals surface area contributed by atoms with Crippen molar-refractivity contribution in [3.05, 3.63) is 54.9 Å². The van der Waals surface area contributed by atoms with Crippen LogP contribution >= 0.6 is 46.7 Å². The molecule has 1 aliphatic heterocycles. The first-order valence-corrected chi connectivity index (χ1v) is 12.7. The molecule has 11 heteroatoms. The number of carbonyl (C=O) groups is 1. The fraction of sp³-hybridized carbons (Fsp3) is 0.190. The number of hydrogen-bond acceptors (Lipinski definition) is 9. The van der Waals surface area contributed by atoms with Crippen LogP contribution in [0, 0.1) is 0 Å². The van der Waals surface area contributed by atoms with Crippen molar-refractivity contribution in [2.24, 2.45) is 0 Å². The van der Waals surface area contributed by atoms with Crippen LogP contribution in [0.15, 0.2) is 39.5 Å². The van der Waals surface area contributed by atoms with Crippen molar-refractivity contribution in [1.29, 1.82) is 0 Å². The molecule has 0 aliphatic carbocycles. The number of nitrogens with zero attached hydrogens (tertiary/aromatic N) is 4. The average molecular weight is 501 g/mol. The highest BCUT2D eigenvalue weighted by Gasteiger charge is 2.32. The largest absolute Gasteiger partial charge is 0.417 e. The van der Waals surface area contributed by atoms with E-state index in [4.69, 9.17) is 16.6 Å². The summed E-state index contributed by atoms with van der Waals surface area (Å²) in [6.07, 6.45) is 1.73. The Morgan fingerprint density at radius 1 is 1.09 bits per heavy atom. The molecule has 0 N–H and O–H groups in total. The van der Waals surface area contributed by atoms with Crippen LogP contribution in [-0.2, 0) is 11.3 Å². The zero-order valence-electron chi connectivity index (χ0n) is 17.0. The highest BCUT2D eigenvalue weighted by molar-refractivity contribution is 8.30. The molecule has 7 nitrogen and oxygen atoms in total. The lowest BCUT2D eigenvalue weighted by Gasteiger charge is -2.09. The quantitative estimate of drug-likeness (QED) is 0.399. The van der Waals surface area contributed by atoms with E-state index in [0.29, 0.717) is 53.0 Å². The smallest absolute Gasteiger partial charge is 0.269 e. The molecule has 0 saturated carbocycles. The van der Waals surface area contributed by atoms with E-state index in [2.05, 4.69) is 9.97 Å². The van der Waals surface area contributed by atoms with Crippen LogP contribution < -0.4 is 14.8 Å². The monoisotopic (exact) mass is 500 g/mol. The minimum atomic E-state index is -0.154. The predicted molar refractivity (Wildman–Crippen MR) is 133 cm³/mol. The summed E-state index contributed by atoms with van der Waals surface area (Å²) in [7, 11) is 0. The minimum Gasteiger partial charge on any atom is -0.417 e. The SMILES string of the molecule is CCN1C(=O)/C(=c2\s/c(=C/c3nc4oc(-c5ccccc5)nc4s3)c(=O)n2CC)SC1=S. The summed E-state index contributed by atoms with van der Waals surface area (Å²) in [6, 6.07) is 9.63. The van der Waals surface area contributed by atoms with Crippen molar-refractivity contribution in [2.75, 3.05) is 6.54 Å². The Hall–Kier alpha value is -2.60. The highest BCUT2D eigenvalue weighted by Crippen LogP contribution is 2.31. The molecule has 1 fully saturated rings. The van der Waals surface area contributed by atoms with Gasteiger partial charge in [0.2, 0.25) is 5.89 Å². The Balaban J connectivity index is 1.59. The van der Waals surface area contributed by atoms with Crippen LogP contribution in [0.3, 0.4) is 0 Å². The fourth-order valence-corrected chi connectivity index (χ4v) is 6.87. The van der Waals surface area contributed by atoms with Gasteiger partial charge < -0.3 is 4.42 Å². The Morgan fingerprint density at radius 3 is 2.53 bits per heavy atom. The van der Waals surface area contributed by atoms with Gasteiger partial charge in [0, 0.05) is 18.7 Å². The van der Waals surface area contributed by atoms with Crippen LogP contribution in [0.4, 0.5) is 0 Å². The molecule has 162 valence electrons. The van der Waals surface area contributed by atoms with Gasteiger partial charge in [0.1, 0.15) is 18.9 Å². The molecular formula is C21H16N4O3S4. The number of aromatic nitrogens is 3. The summed E-state index contributed by atoms with van der Waals surface area (Å²) in [5.74, 6) is 0.365. The first-order valence-electron chi connectivity index (χ1n) is 9.82. The summed E-state index contributed by atoms with van der Waals surface area (Å²) >= 11 is 9.20. The number of thiocarbonyl (C=S) groups is 1. The van der Waals surface area contributed by atoms with Gasteiger partial charge in [-0.05, 0) is 32.1 Å². The van der Waals surface area contributed by atoms with Crippen molar-refractivity contribution >= 4 is 78.4 Å². The third-order valence-electron chi connectivity index (χ3n) is 4.85. The normalized spacial score (nSPS) is 16.7. The first-order chi connectivity index (χ1) is 15.5. The number of thiazole rings is 2. The number of thioether (sulfide) groups is 1. The molecular weight excluding hydrogens is 485 g/mol. The van der Waals surface area contributed by atoms with E-state index in [0.717, 1.165) is 5.56 Å². The zero-order valence-corrected chi connectivity index (χ0v) is 20.3. The van der Waals surface area contributed by atoms with E-state index in [1.807, 2.05) is 44.2 Å². The standard InChI is InChI=1S/C21H16N4O3S4/c1-3-24-18(26)12(30-20(24)14-19(27)25(4-2)21(29)32-14)10-13-22-16-17(31-13)23-15(28-16)11-8-6-5-7-9-11/h5-10H,3-4H2,1-2H3/b12-10+,20-14+. The van der Waals surface area contributed by atoms with Gasteiger partial charge in [0.05, 0.1) is 4.53 Å². The molecule has 0 radical (unpaired) electrons. The van der Waals surface area contributed by atoms with Crippen molar-refractivity contribution < 1.29 is 9.21 Å². The van der Waals surface area contributed by atoms with E-state index < -0.39 is 0 Å². The summed E-state index contributed by atoms with van der Waals surface area (Å²) in [4.78, 5) is 37.5. The molecule has 1 saturated heterocycles. The topological polar surface area (TPSA) is 81.2 Å². The maximum Gasteiger partial charge on any atom is 0.269 e. The van der Waals surface area contributed by atoms with Gasteiger partial charge >= 0.3 is 0 Å². The summed E-state index contributed by atoms with van der Waals surface area (Å²) in [6.45, 7) is 4.72. The van der Waals surface area contributed by atoms with Crippen molar-refractivity contribution in [1.82, 2.24) is 19.4 Å². The van der Waals surface area contributed by atoms with E-state index in [9.17, 15) is 9.59 Å². The maximum absolute atomic E-state index is 13.0.